The minimum atomic E-state index is 0. The predicted octanol–water partition coefficient (Wildman–Crippen LogP) is 12.4. The molecule has 0 aliphatic rings. The molecule has 3 nitrogen and oxygen atoms in total. The van der Waals surface area contributed by atoms with Crippen molar-refractivity contribution in [1.82, 2.24) is 0 Å². The smallest absolute Gasteiger partial charge is 0.0786 e. The summed E-state index contributed by atoms with van der Waals surface area (Å²) in [5.74, 6) is 0. The fraction of sp³-hybridized carbons (Fsp3) is 0.400. The van der Waals surface area contributed by atoms with E-state index in [1.807, 2.05) is 109 Å². The van der Waals surface area contributed by atoms with Crippen molar-refractivity contribution < 1.29 is 21.0 Å². The molecule has 0 radical (unpaired) electrons. The van der Waals surface area contributed by atoms with Crippen LogP contribution in [0.1, 0.15) is 79.1 Å². The SMILES string of the molecule is CCCC[N+](CCCC)(CCCC)CCCC.Sc1ccccc1Nc1ccccc1.Sc1ccccc1Nc1ccccc1.[Ni]. The van der Waals surface area contributed by atoms with Crippen molar-refractivity contribution in [2.24, 2.45) is 0 Å². The summed E-state index contributed by atoms with van der Waals surface area (Å²) in [6.45, 7) is 15.0. The molecule has 0 aliphatic carbocycles. The zero-order chi connectivity index (χ0) is 32.6. The second-order valence-electron chi connectivity index (χ2n) is 11.7. The largest absolute Gasteiger partial charge is 0.355 e. The fourth-order valence-corrected chi connectivity index (χ4v) is 5.59. The normalized spacial score (nSPS) is 10.4. The quantitative estimate of drug-likeness (QED) is 0.0531. The number of anilines is 4. The summed E-state index contributed by atoms with van der Waals surface area (Å²) in [6, 6.07) is 36.0. The predicted molar refractivity (Wildman–Crippen MR) is 206 cm³/mol. The molecular formula is C40H58N3NiS2+. The Labute approximate surface area is 302 Å². The molecule has 0 saturated heterocycles. The maximum atomic E-state index is 4.37. The molecule has 4 aromatic carbocycles. The molecule has 0 fully saturated rings. The molecule has 6 heteroatoms. The van der Waals surface area contributed by atoms with Gasteiger partial charge in [-0.25, -0.2) is 0 Å². The molecule has 4 rings (SSSR count). The molecule has 0 atom stereocenters. The minimum absolute atomic E-state index is 0. The van der Waals surface area contributed by atoms with Gasteiger partial charge >= 0.3 is 0 Å². The zero-order valence-corrected chi connectivity index (χ0v) is 31.3. The summed E-state index contributed by atoms with van der Waals surface area (Å²) < 4.78 is 1.42. The number of nitrogens with zero attached hydrogens (tertiary/aromatic N) is 1. The van der Waals surface area contributed by atoms with Crippen LogP contribution >= 0.6 is 25.3 Å². The Morgan fingerprint density at radius 2 is 0.717 bits per heavy atom. The standard InChI is InChI=1S/C16H36N.2C12H11NS.Ni/c1-5-9-13-17(14-10-6-2,15-11-7-3)16-12-8-4;2*14-12-9-5-4-8-11(12)13-10-6-2-1-3-7-10;/h5-16H2,1-4H3;2*1-9,13-14H;/q+1;;;. The first-order valence-electron chi connectivity index (χ1n) is 17.0. The topological polar surface area (TPSA) is 24.1 Å². The van der Waals surface area contributed by atoms with Crippen LogP contribution in [0.25, 0.3) is 0 Å². The molecule has 0 aromatic heterocycles. The van der Waals surface area contributed by atoms with Crippen LogP contribution in [0.2, 0.25) is 0 Å². The molecule has 0 spiro atoms. The second-order valence-corrected chi connectivity index (χ2v) is 12.6. The van der Waals surface area contributed by atoms with Crippen LogP contribution in [-0.4, -0.2) is 30.7 Å². The van der Waals surface area contributed by atoms with Crippen LogP contribution in [-0.2, 0) is 16.5 Å². The molecule has 4 aromatic rings. The van der Waals surface area contributed by atoms with Crippen molar-refractivity contribution in [3.05, 3.63) is 109 Å². The van der Waals surface area contributed by atoms with Gasteiger partial charge in [0.1, 0.15) is 0 Å². The van der Waals surface area contributed by atoms with Gasteiger partial charge in [-0.2, -0.15) is 0 Å². The van der Waals surface area contributed by atoms with Crippen LogP contribution in [0, 0.1) is 0 Å². The molecule has 0 aliphatic heterocycles. The van der Waals surface area contributed by atoms with Crippen molar-refractivity contribution in [2.75, 3.05) is 36.8 Å². The van der Waals surface area contributed by atoms with Gasteiger partial charge in [0.05, 0.1) is 37.6 Å². The maximum absolute atomic E-state index is 4.37. The van der Waals surface area contributed by atoms with Crippen LogP contribution in [0.3, 0.4) is 0 Å². The number of hydrogen-bond donors (Lipinski definition) is 4. The van der Waals surface area contributed by atoms with E-state index in [4.69, 9.17) is 0 Å². The first kappa shape index (κ1) is 41.7. The number of nitrogens with one attached hydrogen (secondary N) is 2. The number of rotatable bonds is 16. The summed E-state index contributed by atoms with van der Waals surface area (Å²) >= 11 is 8.73. The van der Waals surface area contributed by atoms with Crippen molar-refractivity contribution in [3.8, 4) is 0 Å². The van der Waals surface area contributed by atoms with E-state index >= 15 is 0 Å². The van der Waals surface area contributed by atoms with Gasteiger partial charge in [0.15, 0.2) is 0 Å². The van der Waals surface area contributed by atoms with Gasteiger partial charge in [0, 0.05) is 37.7 Å². The Morgan fingerprint density at radius 1 is 0.435 bits per heavy atom. The van der Waals surface area contributed by atoms with Gasteiger partial charge in [-0.15, -0.1) is 25.3 Å². The third-order valence-electron chi connectivity index (χ3n) is 7.86. The number of benzene rings is 4. The van der Waals surface area contributed by atoms with Crippen LogP contribution in [0.5, 0.6) is 0 Å². The van der Waals surface area contributed by atoms with Gasteiger partial charge in [-0.3, -0.25) is 0 Å². The van der Waals surface area contributed by atoms with Gasteiger partial charge < -0.3 is 15.1 Å². The number of thiol groups is 2. The minimum Gasteiger partial charge on any atom is -0.355 e. The summed E-state index contributed by atoms with van der Waals surface area (Å²) in [5, 5.41) is 6.59. The molecule has 0 bridgehead atoms. The van der Waals surface area contributed by atoms with Crippen molar-refractivity contribution in [1.29, 1.82) is 0 Å². The summed E-state index contributed by atoms with van der Waals surface area (Å²) in [6.07, 6.45) is 11.1. The van der Waals surface area contributed by atoms with E-state index in [9.17, 15) is 0 Å². The molecule has 0 heterocycles. The number of quaternary nitrogens is 1. The molecule has 0 amide bonds. The first-order chi connectivity index (χ1) is 22.0. The number of unbranched alkanes of at least 4 members (excludes halogenated alkanes) is 4. The summed E-state index contributed by atoms with van der Waals surface area (Å²) in [4.78, 5) is 1.91. The maximum Gasteiger partial charge on any atom is 0.0786 e. The van der Waals surface area contributed by atoms with E-state index in [0.717, 1.165) is 32.5 Å². The Morgan fingerprint density at radius 3 is 1.00 bits per heavy atom. The van der Waals surface area contributed by atoms with E-state index < -0.39 is 0 Å². The fourth-order valence-electron chi connectivity index (χ4n) is 5.16. The Hall–Kier alpha value is -2.37. The van der Waals surface area contributed by atoms with Gasteiger partial charge in [0.2, 0.25) is 0 Å². The van der Waals surface area contributed by atoms with E-state index in [1.165, 1.54) is 82.0 Å². The number of para-hydroxylation sites is 4. The second kappa shape index (κ2) is 25.7. The van der Waals surface area contributed by atoms with Crippen molar-refractivity contribution in [3.63, 3.8) is 0 Å². The van der Waals surface area contributed by atoms with Gasteiger partial charge in [-0.05, 0) is 74.2 Å². The van der Waals surface area contributed by atoms with Crippen LogP contribution in [0.15, 0.2) is 119 Å². The van der Waals surface area contributed by atoms with Gasteiger partial charge in [-0.1, -0.05) is 114 Å². The zero-order valence-electron chi connectivity index (χ0n) is 28.5. The summed E-state index contributed by atoms with van der Waals surface area (Å²) in [7, 11) is 0. The van der Waals surface area contributed by atoms with Crippen LogP contribution in [0.4, 0.5) is 22.7 Å². The Bertz CT molecular complexity index is 1170. The third kappa shape index (κ3) is 17.0. The molecular weight excluding hydrogens is 645 g/mol. The average molecular weight is 704 g/mol. The Balaban J connectivity index is 0.000000343. The van der Waals surface area contributed by atoms with E-state index in [0.29, 0.717) is 0 Å². The molecule has 0 saturated carbocycles. The van der Waals surface area contributed by atoms with Crippen LogP contribution < -0.4 is 10.6 Å². The third-order valence-corrected chi connectivity index (χ3v) is 8.64. The molecule has 0 unspecified atom stereocenters. The monoisotopic (exact) mass is 702 g/mol. The first-order valence-corrected chi connectivity index (χ1v) is 17.9. The molecule has 46 heavy (non-hydrogen) atoms. The van der Waals surface area contributed by atoms with Crippen molar-refractivity contribution in [2.45, 2.75) is 88.9 Å². The van der Waals surface area contributed by atoms with Gasteiger partial charge in [0.25, 0.3) is 0 Å². The molecule has 2 N–H and O–H groups in total. The molecule has 254 valence electrons. The average Bonchev–Trinajstić information content (AvgIpc) is 3.08. The summed E-state index contributed by atoms with van der Waals surface area (Å²) in [5.41, 5.74) is 4.21. The Kier molecular flexibility index (Phi) is 23.3. The van der Waals surface area contributed by atoms with E-state index in [2.05, 4.69) is 63.6 Å². The van der Waals surface area contributed by atoms with E-state index in [1.54, 1.807) is 0 Å². The van der Waals surface area contributed by atoms with Crippen molar-refractivity contribution >= 4 is 48.0 Å². The number of hydrogen-bond acceptors (Lipinski definition) is 4. The van der Waals surface area contributed by atoms with E-state index in [-0.39, 0.29) is 16.5 Å².